The molecule has 0 saturated carbocycles. The van der Waals surface area contributed by atoms with Gasteiger partial charge in [-0.05, 0) is 26.0 Å². The Labute approximate surface area is 146 Å². The maximum Gasteiger partial charge on any atom is 0.308 e. The zero-order valence-corrected chi connectivity index (χ0v) is 14.4. The molecular weight excluding hydrogens is 354 g/mol. The van der Waals surface area contributed by atoms with Crippen LogP contribution in [0.25, 0.3) is 0 Å². The normalized spacial score (nSPS) is 11.8. The van der Waals surface area contributed by atoms with Crippen LogP contribution >= 0.6 is 11.3 Å². The van der Waals surface area contributed by atoms with E-state index in [1.165, 1.54) is 11.5 Å². The molecule has 1 aromatic carbocycles. The number of hydrogen-bond acceptors (Lipinski definition) is 5. The van der Waals surface area contributed by atoms with Gasteiger partial charge in [0.05, 0.1) is 12.1 Å². The molecule has 1 N–H and O–H groups in total. The van der Waals surface area contributed by atoms with Crippen LogP contribution in [0.3, 0.4) is 0 Å². The van der Waals surface area contributed by atoms with Gasteiger partial charge < -0.3 is 14.6 Å². The Morgan fingerprint density at radius 3 is 2.68 bits per heavy atom. The number of carbonyl (C=O) groups excluding carboxylic acids is 2. The van der Waals surface area contributed by atoms with Crippen molar-refractivity contribution < 1.29 is 23.1 Å². The Hall–Kier alpha value is -2.55. The second-order valence-corrected chi connectivity index (χ2v) is 6.11. The predicted octanol–water partition coefficient (Wildman–Crippen LogP) is 2.46. The Balaban J connectivity index is 1.87. The molecule has 0 spiro atoms. The number of aromatic nitrogens is 1. The number of benzene rings is 1. The molecule has 1 heterocycles. The number of nitrogens with one attached hydrogen (secondary N) is 1. The summed E-state index contributed by atoms with van der Waals surface area (Å²) in [6, 6.07) is 2.70. The van der Waals surface area contributed by atoms with Gasteiger partial charge >= 0.3 is 10.8 Å². The van der Waals surface area contributed by atoms with Gasteiger partial charge in [0, 0.05) is 23.7 Å². The zero-order chi connectivity index (χ0) is 18.6. The highest BCUT2D eigenvalue weighted by atomic mass is 32.1. The molecule has 1 amide bonds. The lowest BCUT2D eigenvalue weighted by Gasteiger charge is -2.14. The number of aryl methyl sites for hydroxylation is 1. The molecule has 0 aliphatic carbocycles. The molecule has 0 fully saturated rings. The second-order valence-electron chi connectivity index (χ2n) is 5.29. The monoisotopic (exact) mass is 370 g/mol. The fourth-order valence-electron chi connectivity index (χ4n) is 2.01. The molecule has 0 aliphatic rings. The number of anilines is 1. The van der Waals surface area contributed by atoms with E-state index in [1.807, 2.05) is 0 Å². The zero-order valence-electron chi connectivity index (χ0n) is 13.5. The molecule has 2 aromatic rings. The van der Waals surface area contributed by atoms with Gasteiger partial charge in [0.2, 0.25) is 0 Å². The largest absolute Gasteiger partial charge is 0.452 e. The quantitative estimate of drug-likeness (QED) is 0.793. The van der Waals surface area contributed by atoms with Crippen molar-refractivity contribution in [2.75, 3.05) is 5.32 Å². The van der Waals surface area contributed by atoms with Gasteiger partial charge in [-0.2, -0.15) is 0 Å². The topological polar surface area (TPSA) is 77.4 Å². The van der Waals surface area contributed by atoms with Crippen molar-refractivity contribution in [2.24, 2.45) is 0 Å². The summed E-state index contributed by atoms with van der Waals surface area (Å²) >= 11 is 1.03. The highest BCUT2D eigenvalue weighted by molar-refractivity contribution is 7.07. The van der Waals surface area contributed by atoms with Crippen molar-refractivity contribution in [1.82, 2.24) is 4.57 Å². The van der Waals surface area contributed by atoms with Crippen LogP contribution in [0.4, 0.5) is 14.5 Å². The molecule has 6 nitrogen and oxygen atoms in total. The summed E-state index contributed by atoms with van der Waals surface area (Å²) in [5, 5.41) is 3.90. The van der Waals surface area contributed by atoms with Gasteiger partial charge in [0.1, 0.15) is 11.6 Å². The molecule has 1 unspecified atom stereocenters. The van der Waals surface area contributed by atoms with Gasteiger partial charge in [-0.1, -0.05) is 11.3 Å². The van der Waals surface area contributed by atoms with E-state index in [1.54, 1.807) is 12.3 Å². The number of halogens is 2. The van der Waals surface area contributed by atoms with Gasteiger partial charge in [-0.3, -0.25) is 14.4 Å². The number of amides is 1. The number of esters is 1. The molecule has 1 aromatic heterocycles. The molecule has 134 valence electrons. The molecule has 2 rings (SSSR count). The summed E-state index contributed by atoms with van der Waals surface area (Å²) in [6.45, 7) is 3.22. The molecular formula is C16H16F2N2O4S. The smallest absolute Gasteiger partial charge is 0.308 e. The first-order chi connectivity index (χ1) is 11.8. The molecule has 25 heavy (non-hydrogen) atoms. The van der Waals surface area contributed by atoms with Gasteiger partial charge in [0.25, 0.3) is 5.91 Å². The van der Waals surface area contributed by atoms with Crippen LogP contribution in [-0.2, 0) is 20.9 Å². The van der Waals surface area contributed by atoms with Crippen molar-refractivity contribution >= 4 is 28.9 Å². The molecule has 9 heteroatoms. The first kappa shape index (κ1) is 18.8. The highest BCUT2D eigenvalue weighted by Gasteiger charge is 2.19. The number of carbonyl (C=O) groups is 2. The van der Waals surface area contributed by atoms with Crippen LogP contribution in [0.2, 0.25) is 0 Å². The average molecular weight is 370 g/mol. The van der Waals surface area contributed by atoms with Crippen LogP contribution in [-0.4, -0.2) is 22.5 Å². The maximum atomic E-state index is 13.5. The summed E-state index contributed by atoms with van der Waals surface area (Å²) in [6.07, 6.45) is -1.25. The van der Waals surface area contributed by atoms with E-state index in [0.29, 0.717) is 6.07 Å². The molecule has 1 atom stereocenters. The highest BCUT2D eigenvalue weighted by Crippen LogP contribution is 2.15. The Kier molecular flexibility index (Phi) is 6.02. The van der Waals surface area contributed by atoms with E-state index in [2.05, 4.69) is 5.32 Å². The summed E-state index contributed by atoms with van der Waals surface area (Å²) in [7, 11) is 0. The minimum Gasteiger partial charge on any atom is -0.452 e. The standard InChI is InChI=1S/C16H16F2N2O4S/c1-9-8-25-16(23)20(9)6-5-14(21)24-10(2)15(22)19-13-4-3-11(17)7-12(13)18/h3-4,7-8,10H,5-6H2,1-2H3,(H,19,22). The molecule has 0 saturated heterocycles. The van der Waals surface area contributed by atoms with Crippen molar-refractivity contribution in [3.05, 3.63) is 50.6 Å². The van der Waals surface area contributed by atoms with Gasteiger partial charge in [-0.15, -0.1) is 0 Å². The molecule has 0 bridgehead atoms. The van der Waals surface area contributed by atoms with Crippen molar-refractivity contribution in [1.29, 1.82) is 0 Å². The number of nitrogens with zero attached hydrogens (tertiary/aromatic N) is 1. The summed E-state index contributed by atoms with van der Waals surface area (Å²) in [5.74, 6) is -3.12. The van der Waals surface area contributed by atoms with E-state index < -0.39 is 29.6 Å². The summed E-state index contributed by atoms with van der Waals surface area (Å²) < 4.78 is 32.7. The molecule has 0 radical (unpaired) electrons. The fraction of sp³-hybridized carbons (Fsp3) is 0.312. The lowest BCUT2D eigenvalue weighted by atomic mass is 10.2. The third kappa shape index (κ3) is 4.96. The lowest BCUT2D eigenvalue weighted by Crippen LogP contribution is -2.30. The third-order valence-electron chi connectivity index (χ3n) is 3.38. The van der Waals surface area contributed by atoms with E-state index in [4.69, 9.17) is 4.74 Å². The van der Waals surface area contributed by atoms with Crippen LogP contribution in [0, 0.1) is 18.6 Å². The fourth-order valence-corrected chi connectivity index (χ4v) is 2.77. The Bertz CT molecular complexity index is 847. The molecule has 0 aliphatic heterocycles. The van der Waals surface area contributed by atoms with E-state index in [9.17, 15) is 23.2 Å². The number of rotatable bonds is 6. The van der Waals surface area contributed by atoms with Gasteiger partial charge in [-0.25, -0.2) is 8.78 Å². The maximum absolute atomic E-state index is 13.5. The number of hydrogen-bond donors (Lipinski definition) is 1. The number of ether oxygens (including phenoxy) is 1. The van der Waals surface area contributed by atoms with Crippen molar-refractivity contribution in [3.8, 4) is 0 Å². The summed E-state index contributed by atoms with van der Waals surface area (Å²) in [5.41, 5.74) is 0.523. The Morgan fingerprint density at radius 2 is 2.08 bits per heavy atom. The lowest BCUT2D eigenvalue weighted by molar-refractivity contribution is -0.153. The average Bonchev–Trinajstić information content (AvgIpc) is 2.86. The van der Waals surface area contributed by atoms with E-state index in [0.717, 1.165) is 29.2 Å². The minimum absolute atomic E-state index is 0.0833. The van der Waals surface area contributed by atoms with Crippen LogP contribution in [0.15, 0.2) is 28.4 Å². The van der Waals surface area contributed by atoms with E-state index in [-0.39, 0.29) is 23.5 Å². The predicted molar refractivity (Wildman–Crippen MR) is 88.5 cm³/mol. The van der Waals surface area contributed by atoms with Crippen LogP contribution in [0.5, 0.6) is 0 Å². The summed E-state index contributed by atoms with van der Waals surface area (Å²) in [4.78, 5) is 35.1. The van der Waals surface area contributed by atoms with Crippen molar-refractivity contribution in [3.63, 3.8) is 0 Å². The first-order valence-corrected chi connectivity index (χ1v) is 8.26. The van der Waals surface area contributed by atoms with Crippen LogP contribution < -0.4 is 10.2 Å². The SMILES string of the molecule is Cc1csc(=O)n1CCC(=O)OC(C)C(=O)Nc1ccc(F)cc1F. The second kappa shape index (κ2) is 8.02. The van der Waals surface area contributed by atoms with Crippen molar-refractivity contribution in [2.45, 2.75) is 32.9 Å². The number of thiazole rings is 1. The van der Waals surface area contributed by atoms with E-state index >= 15 is 0 Å². The first-order valence-electron chi connectivity index (χ1n) is 7.38. The van der Waals surface area contributed by atoms with Gasteiger partial charge in [0.15, 0.2) is 6.10 Å². The third-order valence-corrected chi connectivity index (χ3v) is 4.26. The Morgan fingerprint density at radius 1 is 1.36 bits per heavy atom. The van der Waals surface area contributed by atoms with Crippen LogP contribution in [0.1, 0.15) is 19.0 Å². The minimum atomic E-state index is -1.17.